The van der Waals surface area contributed by atoms with Crippen LogP contribution in [0, 0.1) is 11.3 Å². The van der Waals surface area contributed by atoms with Crippen molar-refractivity contribution in [3.8, 4) is 11.8 Å². The van der Waals surface area contributed by atoms with Crippen LogP contribution in [-0.2, 0) is 4.79 Å². The summed E-state index contributed by atoms with van der Waals surface area (Å²) in [6.07, 6.45) is 0. The molecule has 0 aliphatic heterocycles. The Hall–Kier alpha value is -2.51. The van der Waals surface area contributed by atoms with Crippen molar-refractivity contribution >= 4 is 17.5 Å². The number of rotatable bonds is 5. The van der Waals surface area contributed by atoms with Crippen LogP contribution in [0.25, 0.3) is 0 Å². The topological polar surface area (TPSA) is 62.1 Å². The summed E-state index contributed by atoms with van der Waals surface area (Å²) in [5.74, 6) is 0.302. The summed E-state index contributed by atoms with van der Waals surface area (Å²) in [5, 5.41) is 12.2. The first kappa shape index (κ1) is 15.9. The Morgan fingerprint density at radius 3 is 2.59 bits per heavy atom. The fourth-order valence-electron chi connectivity index (χ4n) is 1.96. The van der Waals surface area contributed by atoms with Crippen LogP contribution in [0.15, 0.2) is 48.5 Å². The smallest absolute Gasteiger partial charge is 0.258 e. The van der Waals surface area contributed by atoms with E-state index in [2.05, 4.69) is 5.32 Å². The number of nitriles is 1. The average molecular weight is 315 g/mol. The van der Waals surface area contributed by atoms with E-state index < -0.39 is 0 Å². The molecule has 1 N–H and O–H groups in total. The Morgan fingerprint density at radius 1 is 1.27 bits per heavy atom. The lowest BCUT2D eigenvalue weighted by molar-refractivity contribution is -0.123. The Bertz CT molecular complexity index is 693. The van der Waals surface area contributed by atoms with E-state index in [4.69, 9.17) is 21.6 Å². The zero-order valence-electron chi connectivity index (χ0n) is 12.0. The van der Waals surface area contributed by atoms with E-state index in [0.29, 0.717) is 16.3 Å². The third kappa shape index (κ3) is 4.24. The molecule has 0 radical (unpaired) electrons. The van der Waals surface area contributed by atoms with Crippen molar-refractivity contribution in [2.75, 3.05) is 6.61 Å². The van der Waals surface area contributed by atoms with Gasteiger partial charge in [-0.1, -0.05) is 29.8 Å². The molecule has 0 unspecified atom stereocenters. The van der Waals surface area contributed by atoms with Gasteiger partial charge in [0.25, 0.3) is 5.91 Å². The number of ether oxygens (including phenoxy) is 1. The molecule has 0 fully saturated rings. The number of nitrogens with zero attached hydrogens (tertiary/aromatic N) is 1. The van der Waals surface area contributed by atoms with Crippen LogP contribution in [-0.4, -0.2) is 12.5 Å². The van der Waals surface area contributed by atoms with Gasteiger partial charge in [0.1, 0.15) is 5.75 Å². The number of benzene rings is 2. The van der Waals surface area contributed by atoms with Gasteiger partial charge in [-0.2, -0.15) is 5.26 Å². The van der Waals surface area contributed by atoms with E-state index in [1.807, 2.05) is 31.2 Å². The highest BCUT2D eigenvalue weighted by Crippen LogP contribution is 2.22. The maximum absolute atomic E-state index is 11.9. The number of hydrogen-bond acceptors (Lipinski definition) is 3. The fourth-order valence-corrected chi connectivity index (χ4v) is 2.26. The summed E-state index contributed by atoms with van der Waals surface area (Å²) >= 11 is 6.10. The molecule has 0 bridgehead atoms. The maximum Gasteiger partial charge on any atom is 0.258 e. The standard InChI is InChI=1S/C17H15ClN2O2/c1-12(15-4-2-3-5-16(15)18)20-17(21)11-22-14-8-6-13(10-19)7-9-14/h2-9,12H,11H2,1H3,(H,20,21)/t12-/m1/s1. The van der Waals surface area contributed by atoms with Crippen molar-refractivity contribution in [3.63, 3.8) is 0 Å². The van der Waals surface area contributed by atoms with Gasteiger partial charge >= 0.3 is 0 Å². The molecule has 4 nitrogen and oxygen atoms in total. The van der Waals surface area contributed by atoms with E-state index >= 15 is 0 Å². The van der Waals surface area contributed by atoms with Gasteiger partial charge in [0.2, 0.25) is 0 Å². The molecule has 22 heavy (non-hydrogen) atoms. The van der Waals surface area contributed by atoms with Crippen molar-refractivity contribution in [1.29, 1.82) is 5.26 Å². The van der Waals surface area contributed by atoms with Crippen LogP contribution >= 0.6 is 11.6 Å². The van der Waals surface area contributed by atoms with Crippen molar-refractivity contribution < 1.29 is 9.53 Å². The van der Waals surface area contributed by atoms with Crippen LogP contribution in [0.1, 0.15) is 24.1 Å². The molecular formula is C17H15ClN2O2. The second-order valence-electron chi connectivity index (χ2n) is 4.74. The van der Waals surface area contributed by atoms with Gasteiger partial charge in [0.15, 0.2) is 6.61 Å². The first-order chi connectivity index (χ1) is 10.6. The van der Waals surface area contributed by atoms with Crippen LogP contribution in [0.3, 0.4) is 0 Å². The summed E-state index contributed by atoms with van der Waals surface area (Å²) in [6, 6.07) is 15.8. The number of halogens is 1. The number of carbonyl (C=O) groups excluding carboxylic acids is 1. The molecule has 2 aromatic carbocycles. The lowest BCUT2D eigenvalue weighted by Crippen LogP contribution is -2.31. The molecule has 1 atom stereocenters. The molecule has 1 amide bonds. The zero-order valence-corrected chi connectivity index (χ0v) is 12.8. The molecule has 5 heteroatoms. The third-order valence-electron chi connectivity index (χ3n) is 3.10. The second-order valence-corrected chi connectivity index (χ2v) is 5.14. The molecule has 0 aromatic heterocycles. The summed E-state index contributed by atoms with van der Waals surface area (Å²) < 4.78 is 5.38. The van der Waals surface area contributed by atoms with E-state index in [1.54, 1.807) is 30.3 Å². The summed E-state index contributed by atoms with van der Waals surface area (Å²) in [5.41, 5.74) is 1.40. The minimum atomic E-state index is -0.239. The Kier molecular flexibility index (Phi) is 5.40. The van der Waals surface area contributed by atoms with Crippen molar-refractivity contribution in [2.24, 2.45) is 0 Å². The highest BCUT2D eigenvalue weighted by Gasteiger charge is 2.12. The Labute approximate surface area is 134 Å². The second kappa shape index (κ2) is 7.48. The minimum Gasteiger partial charge on any atom is -0.484 e. The molecule has 0 saturated carbocycles. The molecule has 0 aliphatic rings. The molecule has 0 spiro atoms. The van der Waals surface area contributed by atoms with Crippen LogP contribution in [0.4, 0.5) is 0 Å². The Morgan fingerprint density at radius 2 is 1.95 bits per heavy atom. The van der Waals surface area contributed by atoms with Crippen LogP contribution < -0.4 is 10.1 Å². The molecule has 112 valence electrons. The average Bonchev–Trinajstić information content (AvgIpc) is 2.53. The lowest BCUT2D eigenvalue weighted by atomic mass is 10.1. The predicted molar refractivity (Wildman–Crippen MR) is 84.7 cm³/mol. The van der Waals surface area contributed by atoms with Gasteiger partial charge in [-0.25, -0.2) is 0 Å². The number of nitrogens with one attached hydrogen (secondary N) is 1. The van der Waals surface area contributed by atoms with Crippen LogP contribution in [0.5, 0.6) is 5.75 Å². The largest absolute Gasteiger partial charge is 0.484 e. The van der Waals surface area contributed by atoms with Gasteiger partial charge in [-0.05, 0) is 42.8 Å². The van der Waals surface area contributed by atoms with E-state index in [9.17, 15) is 4.79 Å². The highest BCUT2D eigenvalue weighted by molar-refractivity contribution is 6.31. The molecule has 2 aromatic rings. The third-order valence-corrected chi connectivity index (χ3v) is 3.45. The summed E-state index contributed by atoms with van der Waals surface area (Å²) in [6.45, 7) is 1.77. The number of carbonyl (C=O) groups is 1. The molecule has 2 rings (SSSR count). The number of amides is 1. The van der Waals surface area contributed by atoms with Crippen LogP contribution in [0.2, 0.25) is 5.02 Å². The summed E-state index contributed by atoms with van der Waals surface area (Å²) in [4.78, 5) is 11.9. The molecule has 0 heterocycles. The SMILES string of the molecule is C[C@@H](NC(=O)COc1ccc(C#N)cc1)c1ccccc1Cl. The monoisotopic (exact) mass is 314 g/mol. The quantitative estimate of drug-likeness (QED) is 0.919. The minimum absolute atomic E-state index is 0.0965. The van der Waals surface area contributed by atoms with E-state index in [0.717, 1.165) is 5.56 Å². The normalized spacial score (nSPS) is 11.3. The van der Waals surface area contributed by atoms with Gasteiger partial charge < -0.3 is 10.1 Å². The molecular weight excluding hydrogens is 300 g/mol. The van der Waals surface area contributed by atoms with Gasteiger partial charge in [0.05, 0.1) is 17.7 Å². The predicted octanol–water partition coefficient (Wildman–Crippen LogP) is 3.47. The maximum atomic E-state index is 11.9. The number of hydrogen-bond donors (Lipinski definition) is 1. The van der Waals surface area contributed by atoms with Gasteiger partial charge in [0, 0.05) is 5.02 Å². The van der Waals surface area contributed by atoms with Crippen molar-refractivity contribution in [3.05, 3.63) is 64.7 Å². The fraction of sp³-hybridized carbons (Fsp3) is 0.176. The summed E-state index contributed by atoms with van der Waals surface area (Å²) in [7, 11) is 0. The van der Waals surface area contributed by atoms with E-state index in [-0.39, 0.29) is 18.6 Å². The first-order valence-electron chi connectivity index (χ1n) is 6.77. The molecule has 0 saturated heterocycles. The van der Waals surface area contributed by atoms with Gasteiger partial charge in [-0.3, -0.25) is 4.79 Å². The van der Waals surface area contributed by atoms with Crippen molar-refractivity contribution in [2.45, 2.75) is 13.0 Å². The Balaban J connectivity index is 1.87. The van der Waals surface area contributed by atoms with Crippen molar-refractivity contribution in [1.82, 2.24) is 5.32 Å². The lowest BCUT2D eigenvalue weighted by Gasteiger charge is -2.16. The molecule has 0 aliphatic carbocycles. The van der Waals surface area contributed by atoms with E-state index in [1.165, 1.54) is 0 Å². The van der Waals surface area contributed by atoms with Gasteiger partial charge in [-0.15, -0.1) is 0 Å². The zero-order chi connectivity index (χ0) is 15.9. The first-order valence-corrected chi connectivity index (χ1v) is 7.14. The highest BCUT2D eigenvalue weighted by atomic mass is 35.5.